The second-order valence-corrected chi connectivity index (χ2v) is 8.14. The van der Waals surface area contributed by atoms with Crippen molar-refractivity contribution < 1.29 is 14.7 Å². The number of hydrogen-bond donors (Lipinski definition) is 1. The van der Waals surface area contributed by atoms with E-state index in [4.69, 9.17) is 0 Å². The highest BCUT2D eigenvalue weighted by molar-refractivity contribution is 6.01. The van der Waals surface area contributed by atoms with Crippen LogP contribution in [0.15, 0.2) is 36.5 Å². The van der Waals surface area contributed by atoms with Crippen molar-refractivity contribution in [2.24, 2.45) is 11.8 Å². The van der Waals surface area contributed by atoms with Crippen LogP contribution in [0.5, 0.6) is 0 Å². The molecule has 154 valence electrons. The smallest absolute Gasteiger partial charge is 0.341 e. The van der Waals surface area contributed by atoms with E-state index >= 15 is 0 Å². The highest BCUT2D eigenvalue weighted by Crippen LogP contribution is 2.32. The van der Waals surface area contributed by atoms with Gasteiger partial charge in [0.1, 0.15) is 5.56 Å². The van der Waals surface area contributed by atoms with E-state index < -0.39 is 5.97 Å². The summed E-state index contributed by atoms with van der Waals surface area (Å²) in [5, 5.41) is 14.2. The average Bonchev–Trinajstić information content (AvgIpc) is 3.11. The normalized spacial score (nSPS) is 19.6. The topological polar surface area (TPSA) is 75.4 Å². The van der Waals surface area contributed by atoms with Gasteiger partial charge in [0, 0.05) is 24.4 Å². The van der Waals surface area contributed by atoms with Crippen LogP contribution in [0.4, 0.5) is 5.82 Å². The second kappa shape index (κ2) is 9.07. The lowest BCUT2D eigenvalue weighted by Crippen LogP contribution is -2.43. The van der Waals surface area contributed by atoms with Crippen LogP contribution in [-0.2, 0) is 4.79 Å². The lowest BCUT2D eigenvalue weighted by molar-refractivity contribution is -0.123. The SMILES string of the molecule is CC(C)N(c1nn(C=Cc2ccccc2)cc1C(=O)O)C(=O)[C@H]1CC[C@H](C)CC1. The molecule has 1 heterocycles. The van der Waals surface area contributed by atoms with Gasteiger partial charge in [0.15, 0.2) is 5.82 Å². The fourth-order valence-electron chi connectivity index (χ4n) is 3.82. The Labute approximate surface area is 171 Å². The molecule has 0 radical (unpaired) electrons. The third kappa shape index (κ3) is 4.94. The number of carboxylic acids is 1. The Bertz CT molecular complexity index is 878. The Kier molecular flexibility index (Phi) is 6.52. The summed E-state index contributed by atoms with van der Waals surface area (Å²) in [6.45, 7) is 6.01. The first-order valence-electron chi connectivity index (χ1n) is 10.3. The number of aromatic carboxylic acids is 1. The van der Waals surface area contributed by atoms with E-state index in [9.17, 15) is 14.7 Å². The average molecular weight is 396 g/mol. The molecule has 1 amide bonds. The third-order valence-corrected chi connectivity index (χ3v) is 5.51. The monoisotopic (exact) mass is 395 g/mol. The molecule has 1 aromatic carbocycles. The quantitative estimate of drug-likeness (QED) is 0.764. The van der Waals surface area contributed by atoms with Crippen molar-refractivity contribution in [2.45, 2.75) is 52.5 Å². The molecular weight excluding hydrogens is 366 g/mol. The maximum Gasteiger partial charge on any atom is 0.341 e. The summed E-state index contributed by atoms with van der Waals surface area (Å²) in [6, 6.07) is 9.52. The summed E-state index contributed by atoms with van der Waals surface area (Å²) in [5.41, 5.74) is 1.02. The molecule has 2 aromatic rings. The van der Waals surface area contributed by atoms with Gasteiger partial charge in [-0.2, -0.15) is 0 Å². The van der Waals surface area contributed by atoms with Gasteiger partial charge in [0.05, 0.1) is 0 Å². The fraction of sp³-hybridized carbons (Fsp3) is 0.435. The Hall–Kier alpha value is -2.89. The third-order valence-electron chi connectivity index (χ3n) is 5.51. The minimum absolute atomic E-state index is 0.0216. The fourth-order valence-corrected chi connectivity index (χ4v) is 3.82. The summed E-state index contributed by atoms with van der Waals surface area (Å²) >= 11 is 0. The number of aromatic nitrogens is 2. The zero-order chi connectivity index (χ0) is 21.0. The molecule has 0 aliphatic heterocycles. The molecule has 0 atom stereocenters. The highest BCUT2D eigenvalue weighted by Gasteiger charge is 2.33. The summed E-state index contributed by atoms with van der Waals surface area (Å²) < 4.78 is 1.47. The van der Waals surface area contributed by atoms with Crippen LogP contribution in [0.2, 0.25) is 0 Å². The highest BCUT2D eigenvalue weighted by atomic mass is 16.4. The van der Waals surface area contributed by atoms with E-state index in [0.29, 0.717) is 5.92 Å². The van der Waals surface area contributed by atoms with Gasteiger partial charge in [0.25, 0.3) is 0 Å². The first kappa shape index (κ1) is 20.8. The van der Waals surface area contributed by atoms with Crippen LogP contribution in [-0.4, -0.2) is 32.8 Å². The lowest BCUT2D eigenvalue weighted by Gasteiger charge is -2.32. The van der Waals surface area contributed by atoms with E-state index in [1.807, 2.05) is 50.3 Å². The van der Waals surface area contributed by atoms with Gasteiger partial charge in [-0.05, 0) is 57.1 Å². The van der Waals surface area contributed by atoms with Crippen LogP contribution >= 0.6 is 0 Å². The number of hydrogen-bond acceptors (Lipinski definition) is 3. The predicted molar refractivity (Wildman–Crippen MR) is 115 cm³/mol. The van der Waals surface area contributed by atoms with Crippen molar-refractivity contribution in [1.82, 2.24) is 9.78 Å². The van der Waals surface area contributed by atoms with E-state index in [-0.39, 0.29) is 29.2 Å². The minimum atomic E-state index is -1.09. The summed E-state index contributed by atoms with van der Waals surface area (Å²) in [7, 11) is 0. The van der Waals surface area contributed by atoms with Gasteiger partial charge in [-0.15, -0.1) is 5.10 Å². The molecule has 1 aliphatic carbocycles. The molecule has 1 N–H and O–H groups in total. The molecule has 0 spiro atoms. The molecule has 1 aliphatic rings. The van der Waals surface area contributed by atoms with Crippen molar-refractivity contribution >= 4 is 30.0 Å². The van der Waals surface area contributed by atoms with Crippen molar-refractivity contribution in [3.8, 4) is 0 Å². The number of carbonyl (C=O) groups excluding carboxylic acids is 1. The number of anilines is 1. The Morgan fingerprint density at radius 3 is 2.41 bits per heavy atom. The molecule has 1 aromatic heterocycles. The summed E-state index contributed by atoms with van der Waals surface area (Å²) in [4.78, 5) is 26.7. The van der Waals surface area contributed by atoms with E-state index in [2.05, 4.69) is 12.0 Å². The maximum absolute atomic E-state index is 13.3. The lowest BCUT2D eigenvalue weighted by atomic mass is 9.82. The molecule has 6 nitrogen and oxygen atoms in total. The van der Waals surface area contributed by atoms with Gasteiger partial charge in [-0.1, -0.05) is 37.3 Å². The van der Waals surface area contributed by atoms with Gasteiger partial charge in [-0.25, -0.2) is 9.48 Å². The van der Waals surface area contributed by atoms with Crippen LogP contribution in [0, 0.1) is 11.8 Å². The standard InChI is InChI=1S/C23H29N3O3/c1-16(2)26(22(27)19-11-9-17(3)10-12-19)21-20(23(28)29)15-25(24-21)14-13-18-7-5-4-6-8-18/h4-8,13-17,19H,9-12H2,1-3H3,(H,28,29)/t17-,19-. The number of benzene rings is 1. The van der Waals surface area contributed by atoms with Gasteiger partial charge < -0.3 is 5.11 Å². The molecule has 0 bridgehead atoms. The number of rotatable bonds is 6. The van der Waals surface area contributed by atoms with Crippen molar-refractivity contribution in [1.29, 1.82) is 0 Å². The summed E-state index contributed by atoms with van der Waals surface area (Å²) in [5.74, 6) is -0.320. The number of nitrogens with zero attached hydrogens (tertiary/aromatic N) is 3. The maximum atomic E-state index is 13.3. The van der Waals surface area contributed by atoms with E-state index in [1.54, 1.807) is 11.1 Å². The Morgan fingerprint density at radius 2 is 1.83 bits per heavy atom. The largest absolute Gasteiger partial charge is 0.477 e. The van der Waals surface area contributed by atoms with Gasteiger partial charge >= 0.3 is 5.97 Å². The van der Waals surface area contributed by atoms with E-state index in [0.717, 1.165) is 31.2 Å². The molecule has 1 saturated carbocycles. The Morgan fingerprint density at radius 1 is 1.17 bits per heavy atom. The number of amides is 1. The summed E-state index contributed by atoms with van der Waals surface area (Å²) in [6.07, 6.45) is 8.77. The van der Waals surface area contributed by atoms with Crippen molar-refractivity contribution in [2.75, 3.05) is 4.90 Å². The minimum Gasteiger partial charge on any atom is -0.477 e. The van der Waals surface area contributed by atoms with Crippen LogP contribution in [0.25, 0.3) is 12.3 Å². The van der Waals surface area contributed by atoms with Gasteiger partial charge in [-0.3, -0.25) is 9.69 Å². The van der Waals surface area contributed by atoms with Crippen LogP contribution in [0.3, 0.4) is 0 Å². The van der Waals surface area contributed by atoms with Crippen LogP contribution in [0.1, 0.15) is 62.4 Å². The molecule has 1 fully saturated rings. The van der Waals surface area contributed by atoms with Crippen LogP contribution < -0.4 is 4.90 Å². The van der Waals surface area contributed by atoms with Crippen molar-refractivity contribution in [3.63, 3.8) is 0 Å². The number of carbonyl (C=O) groups is 2. The molecular formula is C23H29N3O3. The first-order valence-corrected chi connectivity index (χ1v) is 10.3. The van der Waals surface area contributed by atoms with Crippen molar-refractivity contribution in [3.05, 3.63) is 47.7 Å². The Balaban J connectivity index is 1.91. The first-order chi connectivity index (χ1) is 13.9. The van der Waals surface area contributed by atoms with E-state index in [1.165, 1.54) is 10.9 Å². The molecule has 29 heavy (non-hydrogen) atoms. The van der Waals surface area contributed by atoms with Gasteiger partial charge in [0.2, 0.25) is 5.91 Å². The predicted octanol–water partition coefficient (Wildman–Crippen LogP) is 4.78. The molecule has 0 saturated heterocycles. The molecule has 6 heteroatoms. The number of carboxylic acid groups (broad SMARTS) is 1. The zero-order valence-electron chi connectivity index (χ0n) is 17.3. The molecule has 3 rings (SSSR count). The molecule has 0 unspecified atom stereocenters. The zero-order valence-corrected chi connectivity index (χ0v) is 17.3. The second-order valence-electron chi connectivity index (χ2n) is 8.14.